The van der Waals surface area contributed by atoms with Crippen molar-refractivity contribution in [3.05, 3.63) is 35.9 Å². The highest BCUT2D eigenvalue weighted by atomic mass is 16.5. The minimum atomic E-state index is -0.391. The summed E-state index contributed by atoms with van der Waals surface area (Å²) in [5.41, 5.74) is 1.000. The molecule has 1 saturated heterocycles. The van der Waals surface area contributed by atoms with Crippen LogP contribution in [0, 0.1) is 0 Å². The second kappa shape index (κ2) is 6.88. The van der Waals surface area contributed by atoms with Crippen molar-refractivity contribution in [1.82, 2.24) is 4.90 Å². The maximum Gasteiger partial charge on any atom is 0.0805 e. The van der Waals surface area contributed by atoms with Crippen LogP contribution in [0.25, 0.3) is 0 Å². The van der Waals surface area contributed by atoms with Crippen LogP contribution in [0.4, 0.5) is 0 Å². The summed E-state index contributed by atoms with van der Waals surface area (Å²) in [6, 6.07) is 10.2. The highest BCUT2D eigenvalue weighted by Gasteiger charge is 2.25. The van der Waals surface area contributed by atoms with E-state index in [-0.39, 0.29) is 0 Å². The van der Waals surface area contributed by atoms with E-state index < -0.39 is 6.10 Å². The summed E-state index contributed by atoms with van der Waals surface area (Å²) in [5.74, 6) is 0. The number of hydrogen-bond donors (Lipinski definition) is 1. The van der Waals surface area contributed by atoms with Gasteiger partial charge in [-0.2, -0.15) is 0 Å². The molecule has 1 fully saturated rings. The molecule has 2 rings (SSSR count). The number of benzene rings is 1. The Kier molecular flexibility index (Phi) is 5.17. The molecule has 3 nitrogen and oxygen atoms in total. The maximum atomic E-state index is 10.3. The number of aliphatic hydroxyl groups is 1. The van der Waals surface area contributed by atoms with Gasteiger partial charge in [-0.15, -0.1) is 0 Å². The van der Waals surface area contributed by atoms with Gasteiger partial charge in [-0.25, -0.2) is 0 Å². The van der Waals surface area contributed by atoms with Crippen LogP contribution in [0.15, 0.2) is 30.3 Å². The Balaban J connectivity index is 1.94. The first kappa shape index (κ1) is 13.5. The molecular formula is C15H23NO2. The minimum absolute atomic E-state index is 0.342. The monoisotopic (exact) mass is 249 g/mol. The molecule has 0 aliphatic carbocycles. The van der Waals surface area contributed by atoms with Crippen LogP contribution in [0.2, 0.25) is 0 Å². The van der Waals surface area contributed by atoms with E-state index in [1.54, 1.807) is 0 Å². The molecule has 1 aromatic rings. The minimum Gasteiger partial charge on any atom is -0.388 e. The molecule has 0 aromatic heterocycles. The first-order valence-electron chi connectivity index (χ1n) is 6.86. The first-order valence-corrected chi connectivity index (χ1v) is 6.86. The SMILES string of the molecule is CCCN1CCOCC1CC(O)c1ccccc1. The van der Waals surface area contributed by atoms with Crippen molar-refractivity contribution in [2.75, 3.05) is 26.3 Å². The van der Waals surface area contributed by atoms with E-state index in [0.29, 0.717) is 6.04 Å². The summed E-state index contributed by atoms with van der Waals surface area (Å²) in [4.78, 5) is 2.44. The van der Waals surface area contributed by atoms with E-state index in [9.17, 15) is 5.11 Å². The largest absolute Gasteiger partial charge is 0.388 e. The fourth-order valence-electron chi connectivity index (χ4n) is 2.56. The van der Waals surface area contributed by atoms with E-state index in [1.807, 2.05) is 30.3 Å². The molecule has 0 radical (unpaired) electrons. The van der Waals surface area contributed by atoms with Gasteiger partial charge in [0.2, 0.25) is 0 Å². The average molecular weight is 249 g/mol. The third kappa shape index (κ3) is 3.55. The molecule has 0 saturated carbocycles. The van der Waals surface area contributed by atoms with Gasteiger partial charge in [-0.1, -0.05) is 37.3 Å². The van der Waals surface area contributed by atoms with Gasteiger partial charge < -0.3 is 9.84 Å². The zero-order chi connectivity index (χ0) is 12.8. The molecule has 100 valence electrons. The lowest BCUT2D eigenvalue weighted by Gasteiger charge is -2.36. The fraction of sp³-hybridized carbons (Fsp3) is 0.600. The van der Waals surface area contributed by atoms with Crippen molar-refractivity contribution in [3.8, 4) is 0 Å². The molecule has 2 atom stereocenters. The van der Waals surface area contributed by atoms with Crippen molar-refractivity contribution in [3.63, 3.8) is 0 Å². The number of rotatable bonds is 5. The normalized spacial score (nSPS) is 22.9. The zero-order valence-corrected chi connectivity index (χ0v) is 11.1. The molecule has 18 heavy (non-hydrogen) atoms. The van der Waals surface area contributed by atoms with Gasteiger partial charge >= 0.3 is 0 Å². The van der Waals surface area contributed by atoms with Crippen LogP contribution < -0.4 is 0 Å². The molecule has 1 aromatic carbocycles. The lowest BCUT2D eigenvalue weighted by atomic mass is 10.0. The Morgan fingerprint density at radius 2 is 2.17 bits per heavy atom. The van der Waals surface area contributed by atoms with Gasteiger partial charge in [-0.3, -0.25) is 4.90 Å². The lowest BCUT2D eigenvalue weighted by Crippen LogP contribution is -2.46. The molecule has 3 heteroatoms. The molecular weight excluding hydrogens is 226 g/mol. The van der Waals surface area contributed by atoms with Crippen LogP contribution in [-0.2, 0) is 4.74 Å². The number of morpholine rings is 1. The summed E-state index contributed by atoms with van der Waals surface area (Å²) < 4.78 is 5.54. The molecule has 2 unspecified atom stereocenters. The van der Waals surface area contributed by atoms with Crippen molar-refractivity contribution in [1.29, 1.82) is 0 Å². The van der Waals surface area contributed by atoms with Gasteiger partial charge in [0.1, 0.15) is 0 Å². The maximum absolute atomic E-state index is 10.3. The van der Waals surface area contributed by atoms with Gasteiger partial charge in [0.15, 0.2) is 0 Å². The van der Waals surface area contributed by atoms with Gasteiger partial charge in [0, 0.05) is 12.6 Å². The highest BCUT2D eigenvalue weighted by molar-refractivity contribution is 5.17. The highest BCUT2D eigenvalue weighted by Crippen LogP contribution is 2.22. The lowest BCUT2D eigenvalue weighted by molar-refractivity contribution is -0.0259. The van der Waals surface area contributed by atoms with Gasteiger partial charge in [0.05, 0.1) is 19.3 Å². The standard InChI is InChI=1S/C15H23NO2/c1-2-8-16-9-10-18-12-14(16)11-15(17)13-6-4-3-5-7-13/h3-7,14-15,17H,2,8-12H2,1H3. The van der Waals surface area contributed by atoms with E-state index in [4.69, 9.17) is 4.74 Å². The molecule has 1 aliphatic heterocycles. The summed E-state index contributed by atoms with van der Waals surface area (Å²) >= 11 is 0. The van der Waals surface area contributed by atoms with Crippen LogP contribution in [0.1, 0.15) is 31.4 Å². The molecule has 0 amide bonds. The molecule has 1 heterocycles. The molecule has 0 spiro atoms. The van der Waals surface area contributed by atoms with Crippen molar-refractivity contribution < 1.29 is 9.84 Å². The van der Waals surface area contributed by atoms with E-state index >= 15 is 0 Å². The summed E-state index contributed by atoms with van der Waals surface area (Å²) in [5, 5.41) is 10.3. The fourth-order valence-corrected chi connectivity index (χ4v) is 2.56. The molecule has 1 aliphatic rings. The average Bonchev–Trinajstić information content (AvgIpc) is 2.42. The Hall–Kier alpha value is -0.900. The van der Waals surface area contributed by atoms with E-state index in [1.165, 1.54) is 0 Å². The first-order chi connectivity index (χ1) is 8.81. The third-order valence-corrected chi connectivity index (χ3v) is 3.54. The van der Waals surface area contributed by atoms with Gasteiger partial charge in [0.25, 0.3) is 0 Å². The van der Waals surface area contributed by atoms with Gasteiger partial charge in [-0.05, 0) is 24.9 Å². The van der Waals surface area contributed by atoms with Crippen LogP contribution in [0.3, 0.4) is 0 Å². The second-order valence-electron chi connectivity index (χ2n) is 4.93. The smallest absolute Gasteiger partial charge is 0.0805 e. The van der Waals surface area contributed by atoms with Crippen molar-refractivity contribution in [2.24, 2.45) is 0 Å². The summed E-state index contributed by atoms with van der Waals surface area (Å²) in [6.07, 6.45) is 1.51. The van der Waals surface area contributed by atoms with Crippen LogP contribution >= 0.6 is 0 Å². The number of ether oxygens (including phenoxy) is 1. The Morgan fingerprint density at radius 1 is 1.39 bits per heavy atom. The Morgan fingerprint density at radius 3 is 2.89 bits per heavy atom. The van der Waals surface area contributed by atoms with Crippen LogP contribution in [-0.4, -0.2) is 42.4 Å². The molecule has 1 N–H and O–H groups in total. The number of hydrogen-bond acceptors (Lipinski definition) is 3. The van der Waals surface area contributed by atoms with Crippen LogP contribution in [0.5, 0.6) is 0 Å². The van der Waals surface area contributed by atoms with E-state index in [0.717, 1.165) is 44.7 Å². The predicted octanol–water partition coefficient (Wildman–Crippen LogP) is 2.22. The third-order valence-electron chi connectivity index (χ3n) is 3.54. The topological polar surface area (TPSA) is 32.7 Å². The van der Waals surface area contributed by atoms with Crippen molar-refractivity contribution in [2.45, 2.75) is 31.9 Å². The second-order valence-corrected chi connectivity index (χ2v) is 4.93. The number of aliphatic hydroxyl groups excluding tert-OH is 1. The predicted molar refractivity (Wildman–Crippen MR) is 72.5 cm³/mol. The zero-order valence-electron chi connectivity index (χ0n) is 11.1. The summed E-state index contributed by atoms with van der Waals surface area (Å²) in [6.45, 7) is 5.83. The Bertz CT molecular complexity index is 340. The Labute approximate surface area is 109 Å². The quantitative estimate of drug-likeness (QED) is 0.868. The molecule has 0 bridgehead atoms. The number of nitrogens with zero attached hydrogens (tertiary/aromatic N) is 1. The van der Waals surface area contributed by atoms with Crippen molar-refractivity contribution >= 4 is 0 Å². The summed E-state index contributed by atoms with van der Waals surface area (Å²) in [7, 11) is 0. The van der Waals surface area contributed by atoms with E-state index in [2.05, 4.69) is 11.8 Å².